The Balaban J connectivity index is 4.13. The summed E-state index contributed by atoms with van der Waals surface area (Å²) in [7, 11) is 0. The van der Waals surface area contributed by atoms with Crippen molar-refractivity contribution in [3.8, 4) is 0 Å². The van der Waals surface area contributed by atoms with Gasteiger partial charge in [-0.3, -0.25) is 4.79 Å². The molecule has 2 heteroatoms. The van der Waals surface area contributed by atoms with Crippen molar-refractivity contribution in [1.82, 2.24) is 0 Å². The Hall–Kier alpha value is -0.630. The summed E-state index contributed by atoms with van der Waals surface area (Å²) in [6.45, 7) is 8.93. The van der Waals surface area contributed by atoms with Crippen LogP contribution in [0.4, 0.5) is 0 Å². The lowest BCUT2D eigenvalue weighted by molar-refractivity contribution is -0.131. The summed E-state index contributed by atoms with van der Waals surface area (Å²) in [6.07, 6.45) is 0.885. The number of Topliss-reactive ketones (excluding diaryl/α,β-unsaturated/α-hetero) is 1. The maximum Gasteiger partial charge on any atom is 0.165 e. The number of carbonyl (C=O) groups excluding carboxylic acids is 1. The van der Waals surface area contributed by atoms with E-state index in [0.29, 0.717) is 0 Å². The highest BCUT2D eigenvalue weighted by molar-refractivity contribution is 5.84. The van der Waals surface area contributed by atoms with E-state index in [4.69, 9.17) is 0 Å². The molecule has 1 N–H and O–H groups in total. The molecule has 0 spiro atoms. The molecule has 1 unspecified atom stereocenters. The van der Waals surface area contributed by atoms with Crippen LogP contribution in [0, 0.1) is 5.41 Å². The van der Waals surface area contributed by atoms with Crippen LogP contribution in [0.25, 0.3) is 0 Å². The minimum atomic E-state index is -0.875. The molecule has 0 bridgehead atoms. The zero-order valence-corrected chi connectivity index (χ0v) is 7.42. The van der Waals surface area contributed by atoms with E-state index in [9.17, 15) is 9.90 Å². The molecule has 0 aromatic rings. The molecule has 0 aromatic carbocycles. The Morgan fingerprint density at radius 1 is 1.64 bits per heavy atom. The second kappa shape index (κ2) is 3.67. The average Bonchev–Trinajstić information content (AvgIpc) is 1.85. The van der Waals surface area contributed by atoms with Gasteiger partial charge in [0.1, 0.15) is 6.10 Å². The highest BCUT2D eigenvalue weighted by Crippen LogP contribution is 2.20. The quantitative estimate of drug-likeness (QED) is 0.629. The van der Waals surface area contributed by atoms with Gasteiger partial charge < -0.3 is 5.11 Å². The van der Waals surface area contributed by atoms with Crippen LogP contribution in [0.5, 0.6) is 0 Å². The third-order valence-electron chi connectivity index (χ3n) is 1.47. The summed E-state index contributed by atoms with van der Waals surface area (Å²) in [5, 5.41) is 9.39. The van der Waals surface area contributed by atoms with Crippen LogP contribution in [0.1, 0.15) is 27.2 Å². The first-order valence-corrected chi connectivity index (χ1v) is 3.71. The summed E-state index contributed by atoms with van der Waals surface area (Å²) in [5.74, 6) is -0.160. The van der Waals surface area contributed by atoms with Gasteiger partial charge >= 0.3 is 0 Å². The van der Waals surface area contributed by atoms with Gasteiger partial charge in [-0.05, 0) is 5.41 Å². The van der Waals surface area contributed by atoms with Crippen molar-refractivity contribution in [2.45, 2.75) is 33.3 Å². The monoisotopic (exact) mass is 156 g/mol. The molecule has 0 aromatic heterocycles. The van der Waals surface area contributed by atoms with E-state index in [1.807, 2.05) is 20.8 Å². The van der Waals surface area contributed by atoms with Crippen LogP contribution in [0.3, 0.4) is 0 Å². The normalized spacial score (nSPS) is 14.2. The van der Waals surface area contributed by atoms with Crippen LogP contribution in [0.2, 0.25) is 0 Å². The molecule has 0 aliphatic carbocycles. The van der Waals surface area contributed by atoms with Gasteiger partial charge in [0.05, 0.1) is 0 Å². The van der Waals surface area contributed by atoms with E-state index in [2.05, 4.69) is 6.58 Å². The predicted octanol–water partition coefficient (Wildman–Crippen LogP) is 1.54. The Morgan fingerprint density at radius 3 is 2.36 bits per heavy atom. The van der Waals surface area contributed by atoms with Crippen molar-refractivity contribution in [3.05, 3.63) is 12.7 Å². The summed E-state index contributed by atoms with van der Waals surface area (Å²) >= 11 is 0. The van der Waals surface area contributed by atoms with Gasteiger partial charge in [-0.25, -0.2) is 0 Å². The third-order valence-corrected chi connectivity index (χ3v) is 1.47. The molecule has 0 heterocycles. The van der Waals surface area contributed by atoms with Crippen LogP contribution in [-0.2, 0) is 4.79 Å². The molecule has 1 atom stereocenters. The van der Waals surface area contributed by atoms with Crippen molar-refractivity contribution in [2.24, 2.45) is 5.41 Å². The molecule has 2 nitrogen and oxygen atoms in total. The van der Waals surface area contributed by atoms with Crippen molar-refractivity contribution in [1.29, 1.82) is 0 Å². The maximum atomic E-state index is 11.1. The predicted molar refractivity (Wildman–Crippen MR) is 45.3 cm³/mol. The Bertz CT molecular complexity index is 153. The van der Waals surface area contributed by atoms with Gasteiger partial charge in [0.15, 0.2) is 5.78 Å². The van der Waals surface area contributed by atoms with Gasteiger partial charge in [0.2, 0.25) is 0 Å². The summed E-state index contributed by atoms with van der Waals surface area (Å²) in [6, 6.07) is 0. The van der Waals surface area contributed by atoms with Crippen LogP contribution < -0.4 is 0 Å². The number of carbonyl (C=O) groups is 1. The lowest BCUT2D eigenvalue weighted by Gasteiger charge is -2.23. The Labute approximate surface area is 67.9 Å². The Morgan fingerprint density at radius 2 is 2.09 bits per heavy atom. The number of hydrogen-bond acceptors (Lipinski definition) is 2. The highest BCUT2D eigenvalue weighted by Gasteiger charge is 2.27. The lowest BCUT2D eigenvalue weighted by Crippen LogP contribution is -2.33. The molecule has 0 saturated heterocycles. The molecule has 0 radical (unpaired) electrons. The number of aliphatic hydroxyl groups excluding tert-OH is 1. The second-order valence-corrected chi connectivity index (χ2v) is 3.73. The third kappa shape index (κ3) is 3.33. The second-order valence-electron chi connectivity index (χ2n) is 3.73. The molecule has 0 rings (SSSR count). The average molecular weight is 156 g/mol. The lowest BCUT2D eigenvalue weighted by atomic mass is 9.86. The summed E-state index contributed by atoms with van der Waals surface area (Å²) in [5.41, 5.74) is -0.361. The number of ketones is 1. The number of allylic oxidation sites excluding steroid dienone is 1. The minimum Gasteiger partial charge on any atom is -0.385 e. The smallest absolute Gasteiger partial charge is 0.165 e. The van der Waals surface area contributed by atoms with Gasteiger partial charge in [0, 0.05) is 6.42 Å². The molecule has 0 aliphatic rings. The van der Waals surface area contributed by atoms with Gasteiger partial charge in [-0.1, -0.05) is 26.8 Å². The maximum absolute atomic E-state index is 11.1. The molecule has 0 saturated carbocycles. The van der Waals surface area contributed by atoms with Crippen molar-refractivity contribution < 1.29 is 9.90 Å². The fourth-order valence-corrected chi connectivity index (χ4v) is 0.737. The van der Waals surface area contributed by atoms with Crippen molar-refractivity contribution in [2.75, 3.05) is 0 Å². The number of aliphatic hydroxyl groups is 1. The molecule has 64 valence electrons. The Kier molecular flexibility index (Phi) is 3.46. The molecular formula is C9H16O2. The van der Waals surface area contributed by atoms with Crippen LogP contribution in [0.15, 0.2) is 12.7 Å². The van der Waals surface area contributed by atoms with Crippen LogP contribution >= 0.6 is 0 Å². The van der Waals surface area contributed by atoms with Crippen molar-refractivity contribution in [3.63, 3.8) is 0 Å². The van der Waals surface area contributed by atoms with Crippen molar-refractivity contribution >= 4 is 5.78 Å². The molecule has 0 fully saturated rings. The minimum absolute atomic E-state index is 0.160. The topological polar surface area (TPSA) is 37.3 Å². The first kappa shape index (κ1) is 10.4. The largest absolute Gasteiger partial charge is 0.385 e. The van der Waals surface area contributed by atoms with E-state index >= 15 is 0 Å². The van der Waals surface area contributed by atoms with E-state index < -0.39 is 6.10 Å². The van der Waals surface area contributed by atoms with Crippen LogP contribution in [-0.4, -0.2) is 17.0 Å². The first-order chi connectivity index (χ1) is 4.89. The van der Waals surface area contributed by atoms with E-state index in [1.54, 1.807) is 0 Å². The fraction of sp³-hybridized carbons (Fsp3) is 0.667. The summed E-state index contributed by atoms with van der Waals surface area (Å²) < 4.78 is 0. The summed E-state index contributed by atoms with van der Waals surface area (Å²) in [4.78, 5) is 11.1. The zero-order chi connectivity index (χ0) is 9.07. The first-order valence-electron chi connectivity index (χ1n) is 3.71. The SMILES string of the molecule is C=CCC(=O)C(O)C(C)(C)C. The number of rotatable bonds is 3. The molecule has 11 heavy (non-hydrogen) atoms. The van der Waals surface area contributed by atoms with E-state index in [1.165, 1.54) is 6.08 Å². The molecular weight excluding hydrogens is 140 g/mol. The number of hydrogen-bond donors (Lipinski definition) is 1. The zero-order valence-electron chi connectivity index (χ0n) is 7.42. The molecule has 0 aliphatic heterocycles. The standard InChI is InChI=1S/C9H16O2/c1-5-6-7(10)8(11)9(2,3)4/h5,8,11H,1,6H2,2-4H3. The van der Waals surface area contributed by atoms with Gasteiger partial charge in [0.25, 0.3) is 0 Å². The van der Waals surface area contributed by atoms with Gasteiger partial charge in [-0.15, -0.1) is 6.58 Å². The van der Waals surface area contributed by atoms with E-state index in [0.717, 1.165) is 0 Å². The fourth-order valence-electron chi connectivity index (χ4n) is 0.737. The highest BCUT2D eigenvalue weighted by atomic mass is 16.3. The van der Waals surface area contributed by atoms with E-state index in [-0.39, 0.29) is 17.6 Å². The van der Waals surface area contributed by atoms with Gasteiger partial charge in [-0.2, -0.15) is 0 Å². The molecule has 0 amide bonds.